The van der Waals surface area contributed by atoms with Crippen LogP contribution < -0.4 is 5.19 Å². The average Bonchev–Trinajstić information content (AvgIpc) is 2.91. The highest BCUT2D eigenvalue weighted by Gasteiger charge is 2.23. The highest BCUT2D eigenvalue weighted by atomic mass is 28.3. The van der Waals surface area contributed by atoms with Crippen molar-refractivity contribution in [2.24, 2.45) is 0 Å². The van der Waals surface area contributed by atoms with Gasteiger partial charge in [0.05, 0.1) is 0 Å². The zero-order valence-electron chi connectivity index (χ0n) is 14.9. The lowest BCUT2D eigenvalue weighted by atomic mass is 10.1. The van der Waals surface area contributed by atoms with Crippen molar-refractivity contribution in [3.63, 3.8) is 0 Å². The number of hydrogen-bond acceptors (Lipinski definition) is 0. The van der Waals surface area contributed by atoms with Crippen LogP contribution in [0.4, 0.5) is 0 Å². The van der Waals surface area contributed by atoms with Gasteiger partial charge in [-0.1, -0.05) is 103 Å². The van der Waals surface area contributed by atoms with Crippen LogP contribution in [0.5, 0.6) is 0 Å². The number of aryl methyl sites for hydroxylation is 2. The first-order chi connectivity index (χ1) is 10.7. The summed E-state index contributed by atoms with van der Waals surface area (Å²) in [5.74, 6) is 0. The van der Waals surface area contributed by atoms with E-state index in [4.69, 9.17) is 0 Å². The van der Waals surface area contributed by atoms with E-state index in [-0.39, 0.29) is 0 Å². The van der Waals surface area contributed by atoms with Crippen molar-refractivity contribution in [1.82, 2.24) is 0 Å². The summed E-state index contributed by atoms with van der Waals surface area (Å²) in [5.41, 5.74) is 4.54. The maximum atomic E-state index is 2.55. The van der Waals surface area contributed by atoms with Crippen LogP contribution in [0.15, 0.2) is 41.1 Å². The first-order valence-electron chi connectivity index (χ1n) is 9.13. The molecule has 1 aromatic rings. The van der Waals surface area contributed by atoms with Crippen molar-refractivity contribution in [2.75, 3.05) is 0 Å². The van der Waals surface area contributed by atoms with E-state index in [1.807, 2.05) is 0 Å². The molecule has 1 aliphatic rings. The lowest BCUT2D eigenvalue weighted by molar-refractivity contribution is 0.767. The van der Waals surface area contributed by atoms with Crippen LogP contribution in [0.25, 0.3) is 0 Å². The van der Waals surface area contributed by atoms with Gasteiger partial charge < -0.3 is 0 Å². The Balaban J connectivity index is 2.28. The molecule has 0 fully saturated rings. The van der Waals surface area contributed by atoms with Crippen molar-refractivity contribution in [1.29, 1.82) is 0 Å². The minimum Gasteiger partial charge on any atom is -0.0811 e. The van der Waals surface area contributed by atoms with Gasteiger partial charge in [0.2, 0.25) is 0 Å². The average molecular weight is 313 g/mol. The van der Waals surface area contributed by atoms with Crippen molar-refractivity contribution in [2.45, 2.75) is 72.3 Å². The normalized spacial score (nSPS) is 15.6. The minimum atomic E-state index is -1.03. The summed E-state index contributed by atoms with van der Waals surface area (Å²) in [7, 11) is -1.03. The molecule has 1 aliphatic carbocycles. The van der Waals surface area contributed by atoms with Crippen molar-refractivity contribution in [3.05, 3.63) is 52.2 Å². The zero-order chi connectivity index (χ0) is 15.9. The Hall–Kier alpha value is -1.08. The Morgan fingerprint density at radius 2 is 1.64 bits per heavy atom. The Morgan fingerprint density at radius 1 is 0.909 bits per heavy atom. The maximum Gasteiger partial charge on any atom is 0.103 e. The predicted octanol–water partition coefficient (Wildman–Crippen LogP) is 5.52. The number of hydrogen-bond donors (Lipinski definition) is 0. The third kappa shape index (κ3) is 4.46. The van der Waals surface area contributed by atoms with Gasteiger partial charge >= 0.3 is 0 Å². The quantitative estimate of drug-likeness (QED) is 0.438. The summed E-state index contributed by atoms with van der Waals surface area (Å²) in [6, 6.07) is 8.69. The van der Waals surface area contributed by atoms with E-state index in [1.54, 1.807) is 16.0 Å². The van der Waals surface area contributed by atoms with E-state index in [2.05, 4.69) is 58.0 Å². The SMILES string of the molecule is CCCCC[SiH](C1=CCC=C1CCC)c1cc(C)cc(C)c1. The fourth-order valence-corrected chi connectivity index (χ4v) is 7.53. The van der Waals surface area contributed by atoms with Crippen molar-refractivity contribution in [3.8, 4) is 0 Å². The van der Waals surface area contributed by atoms with Crippen molar-refractivity contribution >= 4 is 14.0 Å². The van der Waals surface area contributed by atoms with Gasteiger partial charge in [-0.05, 0) is 26.7 Å². The fourth-order valence-electron chi connectivity index (χ4n) is 3.77. The zero-order valence-corrected chi connectivity index (χ0v) is 16.1. The van der Waals surface area contributed by atoms with Crippen LogP contribution in [0, 0.1) is 13.8 Å². The van der Waals surface area contributed by atoms with Gasteiger partial charge in [-0.3, -0.25) is 0 Å². The Kier molecular flexibility index (Phi) is 6.69. The van der Waals surface area contributed by atoms with Crippen LogP contribution in [0.3, 0.4) is 0 Å². The minimum absolute atomic E-state index is 1.03. The van der Waals surface area contributed by atoms with Gasteiger partial charge in [-0.25, -0.2) is 0 Å². The molecular formula is C21H32Si. The van der Waals surface area contributed by atoms with E-state index < -0.39 is 8.80 Å². The molecule has 1 atom stereocenters. The molecule has 0 radical (unpaired) electrons. The third-order valence-electron chi connectivity index (χ3n) is 4.71. The largest absolute Gasteiger partial charge is 0.103 e. The summed E-state index contributed by atoms with van der Waals surface area (Å²) in [4.78, 5) is 0. The second-order valence-electron chi connectivity index (χ2n) is 6.84. The standard InChI is InChI=1S/C21H32Si/c1-5-7-8-13-22(20-15-17(3)14-18(4)16-20)21-12-9-11-19(21)10-6-2/h11-12,14-16,22H,5-10,13H2,1-4H3. The molecular weight excluding hydrogens is 280 g/mol. The van der Waals surface area contributed by atoms with Crippen LogP contribution in [-0.4, -0.2) is 8.80 Å². The molecule has 0 nitrogen and oxygen atoms in total. The Labute approximate surface area is 138 Å². The molecule has 120 valence electrons. The number of benzene rings is 1. The molecule has 0 saturated carbocycles. The second kappa shape index (κ2) is 8.52. The maximum absolute atomic E-state index is 2.55. The summed E-state index contributed by atoms with van der Waals surface area (Å²) < 4.78 is 0. The van der Waals surface area contributed by atoms with Crippen LogP contribution >= 0.6 is 0 Å². The molecule has 1 heteroatoms. The molecule has 0 aliphatic heterocycles. The van der Waals surface area contributed by atoms with Gasteiger partial charge in [-0.2, -0.15) is 0 Å². The molecule has 0 saturated heterocycles. The summed E-state index contributed by atoms with van der Waals surface area (Å²) in [6.45, 7) is 9.12. The smallest absolute Gasteiger partial charge is 0.0811 e. The molecule has 0 bridgehead atoms. The number of allylic oxidation sites excluding steroid dienone is 4. The number of unbranched alkanes of at least 4 members (excludes halogenated alkanes) is 2. The van der Waals surface area contributed by atoms with Crippen LogP contribution in [0.1, 0.15) is 63.5 Å². The monoisotopic (exact) mass is 312 g/mol. The van der Waals surface area contributed by atoms with E-state index in [0.717, 1.165) is 0 Å². The lowest BCUT2D eigenvalue weighted by Gasteiger charge is -2.21. The third-order valence-corrected chi connectivity index (χ3v) is 8.19. The number of rotatable bonds is 8. The molecule has 22 heavy (non-hydrogen) atoms. The predicted molar refractivity (Wildman–Crippen MR) is 103 cm³/mol. The molecule has 2 rings (SSSR count). The molecule has 0 N–H and O–H groups in total. The Bertz CT molecular complexity index is 531. The summed E-state index contributed by atoms with van der Waals surface area (Å²) >= 11 is 0. The summed E-state index contributed by atoms with van der Waals surface area (Å²) in [6.07, 6.45) is 12.9. The highest BCUT2D eigenvalue weighted by Crippen LogP contribution is 2.28. The van der Waals surface area contributed by atoms with Crippen LogP contribution in [0.2, 0.25) is 6.04 Å². The van der Waals surface area contributed by atoms with Gasteiger partial charge in [-0.15, -0.1) is 0 Å². The first kappa shape index (κ1) is 17.3. The first-order valence-corrected chi connectivity index (χ1v) is 11.1. The molecule has 0 amide bonds. The highest BCUT2D eigenvalue weighted by molar-refractivity contribution is 6.80. The molecule has 0 heterocycles. The van der Waals surface area contributed by atoms with Gasteiger partial charge in [0.25, 0.3) is 0 Å². The molecule has 1 aromatic carbocycles. The van der Waals surface area contributed by atoms with Gasteiger partial charge in [0.15, 0.2) is 0 Å². The van der Waals surface area contributed by atoms with Gasteiger partial charge in [0, 0.05) is 0 Å². The lowest BCUT2D eigenvalue weighted by Crippen LogP contribution is -2.33. The van der Waals surface area contributed by atoms with Crippen molar-refractivity contribution < 1.29 is 0 Å². The summed E-state index contributed by atoms with van der Waals surface area (Å²) in [5, 5.41) is 3.44. The second-order valence-corrected chi connectivity index (χ2v) is 9.82. The Morgan fingerprint density at radius 3 is 2.27 bits per heavy atom. The fraction of sp³-hybridized carbons (Fsp3) is 0.524. The van der Waals surface area contributed by atoms with E-state index in [9.17, 15) is 0 Å². The topological polar surface area (TPSA) is 0 Å². The van der Waals surface area contributed by atoms with E-state index in [1.165, 1.54) is 55.7 Å². The molecule has 1 unspecified atom stereocenters. The van der Waals surface area contributed by atoms with Crippen LogP contribution in [-0.2, 0) is 0 Å². The van der Waals surface area contributed by atoms with E-state index >= 15 is 0 Å². The molecule has 0 spiro atoms. The van der Waals surface area contributed by atoms with Gasteiger partial charge in [0.1, 0.15) is 8.80 Å². The van der Waals surface area contributed by atoms with E-state index in [0.29, 0.717) is 0 Å². The molecule has 0 aromatic heterocycles.